The van der Waals surface area contributed by atoms with Crippen molar-refractivity contribution in [2.75, 3.05) is 31.5 Å². The summed E-state index contributed by atoms with van der Waals surface area (Å²) in [6.07, 6.45) is 9.73. The van der Waals surface area contributed by atoms with Gasteiger partial charge in [0.2, 0.25) is 17.7 Å². The molecular weight excluding hydrogens is 504 g/mol. The van der Waals surface area contributed by atoms with E-state index in [0.717, 1.165) is 44.5 Å². The van der Waals surface area contributed by atoms with Gasteiger partial charge in [0, 0.05) is 18.3 Å². The molecule has 2 N–H and O–H groups in total. The van der Waals surface area contributed by atoms with Crippen molar-refractivity contribution in [3.63, 3.8) is 0 Å². The third-order valence-corrected chi connectivity index (χ3v) is 10.3. The molecule has 1 aromatic rings. The van der Waals surface area contributed by atoms with Gasteiger partial charge in [-0.05, 0) is 81.8 Å². The molecule has 1 aliphatic carbocycles. The predicted molar refractivity (Wildman–Crippen MR) is 153 cm³/mol. The van der Waals surface area contributed by atoms with Crippen molar-refractivity contribution in [2.45, 2.75) is 83.1 Å². The van der Waals surface area contributed by atoms with Gasteiger partial charge in [0.15, 0.2) is 0 Å². The number of likely N-dealkylation sites (tertiary alicyclic amines) is 2. The Labute approximate surface area is 237 Å². The lowest BCUT2D eigenvalue weighted by atomic mass is 9.73. The molecule has 3 saturated heterocycles. The van der Waals surface area contributed by atoms with E-state index in [1.807, 2.05) is 43.3 Å². The quantitative estimate of drug-likeness (QED) is 0.486. The maximum atomic E-state index is 14.2. The van der Waals surface area contributed by atoms with Crippen molar-refractivity contribution in [1.29, 1.82) is 0 Å². The maximum Gasteiger partial charge on any atom is 0.246 e. The zero-order valence-electron chi connectivity index (χ0n) is 24.1. The van der Waals surface area contributed by atoms with Gasteiger partial charge in [-0.15, -0.1) is 0 Å². The van der Waals surface area contributed by atoms with Gasteiger partial charge >= 0.3 is 0 Å². The minimum Gasteiger partial charge on any atom is -0.359 e. The molecule has 0 radical (unpaired) electrons. The fourth-order valence-corrected chi connectivity index (χ4v) is 7.97. The number of ether oxygens (including phenoxy) is 1. The summed E-state index contributed by atoms with van der Waals surface area (Å²) < 4.78 is 6.52. The molecule has 3 amide bonds. The zero-order chi connectivity index (χ0) is 28.0. The van der Waals surface area contributed by atoms with Crippen LogP contribution in [0.3, 0.4) is 0 Å². The molecule has 8 atom stereocenters. The molecule has 1 saturated carbocycles. The predicted octanol–water partition coefficient (Wildman–Crippen LogP) is 3.51. The maximum absolute atomic E-state index is 14.2. The molecule has 0 aromatic heterocycles. The summed E-state index contributed by atoms with van der Waals surface area (Å²) in [7, 11) is 0. The second kappa shape index (κ2) is 10.9. The summed E-state index contributed by atoms with van der Waals surface area (Å²) in [5.41, 5.74) is 0.633. The molecule has 1 spiro atoms. The average molecular weight is 549 g/mol. The molecular formula is C32H44N4O4. The van der Waals surface area contributed by atoms with Crippen LogP contribution in [0.2, 0.25) is 0 Å². The lowest BCUT2D eigenvalue weighted by Gasteiger charge is -2.38. The highest BCUT2D eigenvalue weighted by Crippen LogP contribution is 2.55. The number of carbonyl (C=O) groups excluding carboxylic acids is 3. The molecule has 1 aromatic carbocycles. The van der Waals surface area contributed by atoms with Gasteiger partial charge in [-0.3, -0.25) is 14.4 Å². The van der Waals surface area contributed by atoms with Gasteiger partial charge in [0.1, 0.15) is 11.6 Å². The van der Waals surface area contributed by atoms with Gasteiger partial charge in [0.05, 0.1) is 17.9 Å². The summed E-state index contributed by atoms with van der Waals surface area (Å²) >= 11 is 0. The highest BCUT2D eigenvalue weighted by molar-refractivity contribution is 6.02. The first kappa shape index (κ1) is 27.5. The molecule has 8 heteroatoms. The smallest absolute Gasteiger partial charge is 0.246 e. The van der Waals surface area contributed by atoms with Crippen LogP contribution >= 0.6 is 0 Å². The molecule has 4 heterocycles. The third kappa shape index (κ3) is 4.77. The molecule has 4 aliphatic heterocycles. The van der Waals surface area contributed by atoms with Crippen LogP contribution in [0.4, 0.5) is 5.69 Å². The van der Waals surface area contributed by atoms with Crippen molar-refractivity contribution >= 4 is 23.4 Å². The summed E-state index contributed by atoms with van der Waals surface area (Å²) in [5, 5.41) is 6.37. The van der Waals surface area contributed by atoms with Gasteiger partial charge in [0.25, 0.3) is 0 Å². The Hall–Kier alpha value is -2.71. The molecule has 4 fully saturated rings. The van der Waals surface area contributed by atoms with Gasteiger partial charge in [-0.1, -0.05) is 51.0 Å². The number of anilines is 1. The molecule has 2 bridgehead atoms. The topological polar surface area (TPSA) is 91.0 Å². The summed E-state index contributed by atoms with van der Waals surface area (Å²) in [4.78, 5) is 46.2. The minimum absolute atomic E-state index is 0.0799. The number of benzene rings is 1. The number of hydrogen-bond acceptors (Lipinski definition) is 5. The van der Waals surface area contributed by atoms with Crippen LogP contribution < -0.4 is 10.6 Å². The standard InChI is InChI=1S/C32H44N4O4/c1-20-9-6-11-23(19-20)33-29(37)26-25-13-14-32(40-25)27(26)31(39)36(18-8-17-35-15-4-5-16-35)28(32)30(38)34-24-12-7-10-21(2)22(24)3/h6,9,11,13-14,19,21-22,24-28H,4-5,7-8,10,12,15-18H2,1-3H3,(H,33,37)(H,34,38)/t21-,22+,24+,25+,26-,27+,28+,32+/m0/s1. The van der Waals surface area contributed by atoms with E-state index in [2.05, 4.69) is 29.4 Å². The van der Waals surface area contributed by atoms with Crippen LogP contribution in [0.5, 0.6) is 0 Å². The van der Waals surface area contributed by atoms with Crippen LogP contribution in [0.1, 0.15) is 57.9 Å². The number of fused-ring (bicyclic) bond motifs is 1. The number of carbonyl (C=O) groups is 3. The van der Waals surface area contributed by atoms with Crippen LogP contribution in [-0.2, 0) is 19.1 Å². The largest absolute Gasteiger partial charge is 0.359 e. The Morgan fingerprint density at radius 1 is 1.07 bits per heavy atom. The Bertz CT molecular complexity index is 1180. The van der Waals surface area contributed by atoms with E-state index in [4.69, 9.17) is 4.74 Å². The number of nitrogens with one attached hydrogen (secondary N) is 2. The summed E-state index contributed by atoms with van der Waals surface area (Å²) in [5.74, 6) is -0.984. The number of rotatable bonds is 8. The van der Waals surface area contributed by atoms with E-state index in [1.54, 1.807) is 4.90 Å². The second-order valence-electron chi connectivity index (χ2n) is 12.9. The lowest BCUT2D eigenvalue weighted by Crippen LogP contribution is -2.58. The summed E-state index contributed by atoms with van der Waals surface area (Å²) in [6, 6.07) is 6.96. The SMILES string of the molecule is Cc1cccc(NC(=O)[C@H]2[C@H]3C=C[C@@]4(O3)[C@H]2C(=O)N(CCCN2CCCC2)[C@@H]4C(=O)N[C@@H]2CCC[C@H](C)[C@H]2C)c1. The van der Waals surface area contributed by atoms with Crippen molar-refractivity contribution in [3.05, 3.63) is 42.0 Å². The normalized spacial score (nSPS) is 36.7. The molecule has 6 rings (SSSR count). The van der Waals surface area contributed by atoms with Crippen LogP contribution in [0.15, 0.2) is 36.4 Å². The lowest BCUT2D eigenvalue weighted by molar-refractivity contribution is -0.141. The van der Waals surface area contributed by atoms with Crippen molar-refractivity contribution in [1.82, 2.24) is 15.1 Å². The van der Waals surface area contributed by atoms with Crippen LogP contribution in [0, 0.1) is 30.6 Å². The highest BCUT2D eigenvalue weighted by atomic mass is 16.5. The monoisotopic (exact) mass is 548 g/mol. The Morgan fingerprint density at radius 3 is 2.65 bits per heavy atom. The first-order valence-electron chi connectivity index (χ1n) is 15.4. The number of nitrogens with zero attached hydrogens (tertiary/aromatic N) is 2. The minimum atomic E-state index is -1.11. The molecule has 216 valence electrons. The molecule has 8 nitrogen and oxygen atoms in total. The van der Waals surface area contributed by atoms with E-state index in [9.17, 15) is 14.4 Å². The Morgan fingerprint density at radius 2 is 1.88 bits per heavy atom. The highest BCUT2D eigenvalue weighted by Gasteiger charge is 2.72. The van der Waals surface area contributed by atoms with Crippen LogP contribution in [-0.4, -0.2) is 77.5 Å². The zero-order valence-corrected chi connectivity index (χ0v) is 24.1. The first-order valence-corrected chi connectivity index (χ1v) is 15.4. The number of hydrogen-bond donors (Lipinski definition) is 2. The molecule has 5 aliphatic rings. The summed E-state index contributed by atoms with van der Waals surface area (Å²) in [6.45, 7) is 10.0. The van der Waals surface area contributed by atoms with Gasteiger partial charge in [-0.25, -0.2) is 0 Å². The van der Waals surface area contributed by atoms with E-state index in [0.29, 0.717) is 24.1 Å². The van der Waals surface area contributed by atoms with Crippen LogP contribution in [0.25, 0.3) is 0 Å². The fraction of sp³-hybridized carbons (Fsp3) is 0.656. The fourth-order valence-electron chi connectivity index (χ4n) is 7.97. The number of amides is 3. The first-order chi connectivity index (χ1) is 19.3. The van der Waals surface area contributed by atoms with Crippen molar-refractivity contribution in [3.8, 4) is 0 Å². The Kier molecular flexibility index (Phi) is 7.51. The van der Waals surface area contributed by atoms with Crippen molar-refractivity contribution < 1.29 is 19.1 Å². The van der Waals surface area contributed by atoms with E-state index >= 15 is 0 Å². The van der Waals surface area contributed by atoms with E-state index in [1.165, 1.54) is 19.3 Å². The molecule has 40 heavy (non-hydrogen) atoms. The van der Waals surface area contributed by atoms with E-state index in [-0.39, 0.29) is 23.8 Å². The number of aryl methyl sites for hydroxylation is 1. The average Bonchev–Trinajstić information content (AvgIpc) is 3.70. The second-order valence-corrected chi connectivity index (χ2v) is 12.9. The third-order valence-electron chi connectivity index (χ3n) is 10.3. The van der Waals surface area contributed by atoms with Crippen molar-refractivity contribution in [2.24, 2.45) is 23.7 Å². The van der Waals surface area contributed by atoms with Gasteiger partial charge < -0.3 is 25.2 Å². The molecule has 0 unspecified atom stereocenters. The van der Waals surface area contributed by atoms with Gasteiger partial charge in [-0.2, -0.15) is 0 Å². The van der Waals surface area contributed by atoms with E-state index < -0.39 is 29.6 Å². The Balaban J connectivity index is 1.26.